The van der Waals surface area contributed by atoms with E-state index < -0.39 is 46.2 Å². The lowest BCUT2D eigenvalue weighted by Crippen LogP contribution is -2.14. The molecule has 11 heteroatoms. The fourth-order valence-electron chi connectivity index (χ4n) is 2.70. The molecule has 0 aliphatic heterocycles. The van der Waals surface area contributed by atoms with Gasteiger partial charge in [-0.05, 0) is 32.0 Å². The number of aromatic nitrogens is 2. The standard InChI is InChI=1S/C18H14ClF3N2O5/c1-3-27-16(25)11-12-14(18(20,21)22)23-24(10-7-5-6-9(19)8-10)15(12)29-13(11)17(26)28-4-2/h5-8H,3-4H2,1-2H3. The number of hydrogen-bond donors (Lipinski definition) is 0. The molecule has 0 aliphatic carbocycles. The van der Waals surface area contributed by atoms with Gasteiger partial charge < -0.3 is 13.9 Å². The minimum Gasteiger partial charge on any atom is -0.462 e. The van der Waals surface area contributed by atoms with Crippen LogP contribution < -0.4 is 0 Å². The van der Waals surface area contributed by atoms with Gasteiger partial charge in [0.1, 0.15) is 5.56 Å². The van der Waals surface area contributed by atoms with Crippen LogP contribution >= 0.6 is 11.6 Å². The van der Waals surface area contributed by atoms with Gasteiger partial charge in [0.25, 0.3) is 0 Å². The van der Waals surface area contributed by atoms with Gasteiger partial charge >= 0.3 is 18.1 Å². The molecule has 0 N–H and O–H groups in total. The van der Waals surface area contributed by atoms with E-state index in [1.54, 1.807) is 0 Å². The third-order valence-electron chi connectivity index (χ3n) is 3.78. The van der Waals surface area contributed by atoms with Crippen LogP contribution in [0.5, 0.6) is 0 Å². The summed E-state index contributed by atoms with van der Waals surface area (Å²) in [6.07, 6.45) is -4.95. The molecule has 0 saturated carbocycles. The molecule has 0 unspecified atom stereocenters. The fraction of sp³-hybridized carbons (Fsp3) is 0.278. The highest BCUT2D eigenvalue weighted by atomic mass is 35.5. The molecule has 0 radical (unpaired) electrons. The van der Waals surface area contributed by atoms with E-state index in [0.29, 0.717) is 0 Å². The second-order valence-electron chi connectivity index (χ2n) is 5.67. The van der Waals surface area contributed by atoms with Crippen molar-refractivity contribution < 1.29 is 36.7 Å². The van der Waals surface area contributed by atoms with Gasteiger partial charge in [-0.2, -0.15) is 23.0 Å². The molecule has 2 heterocycles. The van der Waals surface area contributed by atoms with Crippen molar-refractivity contribution in [1.29, 1.82) is 0 Å². The van der Waals surface area contributed by atoms with E-state index in [4.69, 9.17) is 25.5 Å². The van der Waals surface area contributed by atoms with Crippen LogP contribution in [0.4, 0.5) is 13.2 Å². The molecular formula is C18H14ClF3N2O5. The number of esters is 2. The quantitative estimate of drug-likeness (QED) is 0.548. The number of hydrogen-bond acceptors (Lipinski definition) is 6. The van der Waals surface area contributed by atoms with E-state index in [-0.39, 0.29) is 23.9 Å². The van der Waals surface area contributed by atoms with Gasteiger partial charge in [-0.3, -0.25) is 0 Å². The van der Waals surface area contributed by atoms with Gasteiger partial charge in [-0.15, -0.1) is 0 Å². The highest BCUT2D eigenvalue weighted by molar-refractivity contribution is 6.30. The van der Waals surface area contributed by atoms with Crippen LogP contribution in [-0.4, -0.2) is 34.9 Å². The lowest BCUT2D eigenvalue weighted by atomic mass is 10.1. The molecule has 0 aliphatic rings. The summed E-state index contributed by atoms with van der Waals surface area (Å²) in [4.78, 5) is 24.7. The van der Waals surface area contributed by atoms with Crippen molar-refractivity contribution in [2.24, 2.45) is 0 Å². The van der Waals surface area contributed by atoms with Crippen LogP contribution in [0.3, 0.4) is 0 Å². The van der Waals surface area contributed by atoms with Gasteiger partial charge in [-0.25, -0.2) is 9.59 Å². The summed E-state index contributed by atoms with van der Waals surface area (Å²) in [7, 11) is 0. The number of ether oxygens (including phenoxy) is 2. The van der Waals surface area contributed by atoms with Crippen molar-refractivity contribution in [3.63, 3.8) is 0 Å². The van der Waals surface area contributed by atoms with Crippen molar-refractivity contribution >= 4 is 34.6 Å². The highest BCUT2D eigenvalue weighted by Crippen LogP contribution is 2.40. The predicted molar refractivity (Wildman–Crippen MR) is 95.3 cm³/mol. The lowest BCUT2D eigenvalue weighted by Gasteiger charge is -2.06. The first-order chi connectivity index (χ1) is 13.7. The van der Waals surface area contributed by atoms with Crippen molar-refractivity contribution in [2.75, 3.05) is 13.2 Å². The Bertz CT molecular complexity index is 1090. The minimum absolute atomic E-state index is 0.0787. The van der Waals surface area contributed by atoms with E-state index in [1.165, 1.54) is 38.1 Å². The number of halogens is 4. The lowest BCUT2D eigenvalue weighted by molar-refractivity contribution is -0.140. The van der Waals surface area contributed by atoms with Crippen LogP contribution in [0, 0.1) is 0 Å². The number of carbonyl (C=O) groups excluding carboxylic acids is 2. The predicted octanol–water partition coefficient (Wildman–Crippen LogP) is 4.64. The van der Waals surface area contributed by atoms with Crippen molar-refractivity contribution in [2.45, 2.75) is 20.0 Å². The molecule has 0 spiro atoms. The fourth-order valence-corrected chi connectivity index (χ4v) is 2.89. The molecular weight excluding hydrogens is 417 g/mol. The Labute approximate surface area is 166 Å². The molecule has 0 saturated heterocycles. The first kappa shape index (κ1) is 20.7. The van der Waals surface area contributed by atoms with Crippen molar-refractivity contribution in [1.82, 2.24) is 9.78 Å². The third-order valence-corrected chi connectivity index (χ3v) is 4.02. The van der Waals surface area contributed by atoms with Crippen LogP contribution in [0.2, 0.25) is 5.02 Å². The number of furan rings is 1. The van der Waals surface area contributed by atoms with Crippen LogP contribution in [-0.2, 0) is 15.7 Å². The summed E-state index contributed by atoms with van der Waals surface area (Å²) in [6, 6.07) is 5.81. The number of rotatable bonds is 5. The van der Waals surface area contributed by atoms with E-state index in [1.807, 2.05) is 0 Å². The SMILES string of the molecule is CCOC(=O)c1oc2c(c(C(F)(F)F)nn2-c2cccc(Cl)c2)c1C(=O)OCC. The molecule has 3 rings (SSSR count). The number of fused-ring (bicyclic) bond motifs is 1. The molecule has 3 aromatic rings. The molecule has 7 nitrogen and oxygen atoms in total. The summed E-state index contributed by atoms with van der Waals surface area (Å²) in [5.74, 6) is -2.96. The number of carbonyl (C=O) groups is 2. The van der Waals surface area contributed by atoms with Crippen LogP contribution in [0.15, 0.2) is 28.7 Å². The molecule has 1 aromatic carbocycles. The molecule has 154 valence electrons. The zero-order valence-electron chi connectivity index (χ0n) is 15.2. The van der Waals surface area contributed by atoms with E-state index >= 15 is 0 Å². The normalized spacial score (nSPS) is 11.7. The van der Waals surface area contributed by atoms with Gasteiger partial charge in [-0.1, -0.05) is 17.7 Å². The van der Waals surface area contributed by atoms with Crippen LogP contribution in [0.25, 0.3) is 16.8 Å². The number of benzene rings is 1. The smallest absolute Gasteiger partial charge is 0.435 e. The Morgan fingerprint density at radius 3 is 2.41 bits per heavy atom. The average molecular weight is 431 g/mol. The third kappa shape index (κ3) is 3.80. The maximum Gasteiger partial charge on any atom is 0.435 e. The summed E-state index contributed by atoms with van der Waals surface area (Å²) in [6.45, 7) is 2.76. The topological polar surface area (TPSA) is 83.6 Å². The Morgan fingerprint density at radius 2 is 1.83 bits per heavy atom. The van der Waals surface area contributed by atoms with E-state index in [9.17, 15) is 22.8 Å². The largest absolute Gasteiger partial charge is 0.462 e. The Morgan fingerprint density at radius 1 is 1.17 bits per heavy atom. The summed E-state index contributed by atoms with van der Waals surface area (Å²) >= 11 is 5.92. The Hall–Kier alpha value is -3.01. The highest BCUT2D eigenvalue weighted by Gasteiger charge is 2.43. The van der Waals surface area contributed by atoms with Crippen molar-refractivity contribution in [3.8, 4) is 5.69 Å². The zero-order valence-corrected chi connectivity index (χ0v) is 15.9. The Kier molecular flexibility index (Phi) is 5.56. The summed E-state index contributed by atoms with van der Waals surface area (Å²) in [5, 5.41) is 3.10. The summed E-state index contributed by atoms with van der Waals surface area (Å²) in [5.41, 5.74) is -2.43. The number of nitrogens with zero attached hydrogens (tertiary/aromatic N) is 2. The number of alkyl halides is 3. The Balaban J connectivity index is 2.40. The summed E-state index contributed by atoms with van der Waals surface area (Å²) < 4.78 is 56.9. The monoisotopic (exact) mass is 430 g/mol. The van der Waals surface area contributed by atoms with E-state index in [0.717, 1.165) is 4.68 Å². The van der Waals surface area contributed by atoms with Gasteiger partial charge in [0.05, 0.1) is 24.3 Å². The van der Waals surface area contributed by atoms with Crippen LogP contribution in [0.1, 0.15) is 40.5 Å². The molecule has 29 heavy (non-hydrogen) atoms. The van der Waals surface area contributed by atoms with E-state index in [2.05, 4.69) is 5.10 Å². The van der Waals surface area contributed by atoms with Crippen molar-refractivity contribution in [3.05, 3.63) is 46.3 Å². The average Bonchev–Trinajstić information content (AvgIpc) is 3.18. The minimum atomic E-state index is -4.95. The molecule has 0 fully saturated rings. The molecule has 0 amide bonds. The maximum absolute atomic E-state index is 13.7. The maximum atomic E-state index is 13.7. The molecule has 0 atom stereocenters. The van der Waals surface area contributed by atoms with Gasteiger partial charge in [0, 0.05) is 5.02 Å². The first-order valence-electron chi connectivity index (χ1n) is 8.41. The second kappa shape index (κ2) is 7.78. The zero-order chi connectivity index (χ0) is 21.3. The second-order valence-corrected chi connectivity index (χ2v) is 6.10. The van der Waals surface area contributed by atoms with Gasteiger partial charge in [0.15, 0.2) is 5.69 Å². The first-order valence-corrected chi connectivity index (χ1v) is 8.79. The molecule has 2 aromatic heterocycles. The van der Waals surface area contributed by atoms with Gasteiger partial charge in [0.2, 0.25) is 11.5 Å². The molecule has 0 bridgehead atoms.